The summed E-state index contributed by atoms with van der Waals surface area (Å²) < 4.78 is 0. The SMILES string of the molecule is CCCN1CCCC(NC2CCC(C)C(C)C2)CC1. The summed E-state index contributed by atoms with van der Waals surface area (Å²) in [6.45, 7) is 11.1. The molecule has 0 spiro atoms. The molecule has 4 unspecified atom stereocenters. The molecule has 1 aliphatic heterocycles. The number of hydrogen-bond acceptors (Lipinski definition) is 2. The van der Waals surface area contributed by atoms with Crippen LogP contribution in [0, 0.1) is 11.8 Å². The molecule has 1 N–H and O–H groups in total. The van der Waals surface area contributed by atoms with Gasteiger partial charge in [-0.3, -0.25) is 0 Å². The van der Waals surface area contributed by atoms with Crippen LogP contribution in [0.5, 0.6) is 0 Å². The van der Waals surface area contributed by atoms with Gasteiger partial charge in [0.05, 0.1) is 0 Å². The smallest absolute Gasteiger partial charge is 0.00823 e. The van der Waals surface area contributed by atoms with Gasteiger partial charge in [-0.1, -0.05) is 20.8 Å². The van der Waals surface area contributed by atoms with E-state index in [9.17, 15) is 0 Å². The molecule has 4 atom stereocenters. The van der Waals surface area contributed by atoms with Gasteiger partial charge in [0.2, 0.25) is 0 Å². The van der Waals surface area contributed by atoms with E-state index in [2.05, 4.69) is 31.0 Å². The van der Waals surface area contributed by atoms with Crippen molar-refractivity contribution in [2.45, 2.75) is 77.8 Å². The number of likely N-dealkylation sites (tertiary alicyclic amines) is 1. The zero-order valence-electron chi connectivity index (χ0n) is 13.3. The summed E-state index contributed by atoms with van der Waals surface area (Å²) in [5, 5.41) is 3.98. The van der Waals surface area contributed by atoms with Gasteiger partial charge in [-0.05, 0) is 76.4 Å². The fraction of sp³-hybridized carbons (Fsp3) is 1.00. The van der Waals surface area contributed by atoms with Crippen molar-refractivity contribution in [2.24, 2.45) is 11.8 Å². The predicted octanol–water partition coefficient (Wildman–Crippen LogP) is 3.67. The second kappa shape index (κ2) is 7.64. The third-order valence-corrected chi connectivity index (χ3v) is 5.43. The van der Waals surface area contributed by atoms with Gasteiger partial charge in [-0.25, -0.2) is 0 Å². The zero-order chi connectivity index (χ0) is 13.7. The number of nitrogens with one attached hydrogen (secondary N) is 1. The van der Waals surface area contributed by atoms with Crippen molar-refractivity contribution in [1.29, 1.82) is 0 Å². The van der Waals surface area contributed by atoms with Gasteiger partial charge in [-0.2, -0.15) is 0 Å². The molecule has 1 saturated carbocycles. The first-order valence-corrected chi connectivity index (χ1v) is 8.67. The normalized spacial score (nSPS) is 38.1. The molecule has 1 saturated heterocycles. The Bertz CT molecular complexity index is 254. The maximum Gasteiger partial charge on any atom is 0.00823 e. The van der Waals surface area contributed by atoms with E-state index in [0.717, 1.165) is 23.9 Å². The van der Waals surface area contributed by atoms with Crippen LogP contribution < -0.4 is 5.32 Å². The van der Waals surface area contributed by atoms with Crippen LogP contribution in [-0.2, 0) is 0 Å². The molecule has 0 aromatic carbocycles. The highest BCUT2D eigenvalue weighted by molar-refractivity contribution is 4.84. The molecule has 2 heteroatoms. The summed E-state index contributed by atoms with van der Waals surface area (Å²) in [5.41, 5.74) is 0. The first kappa shape index (κ1) is 15.3. The van der Waals surface area contributed by atoms with Crippen LogP contribution in [0.3, 0.4) is 0 Å². The standard InChI is InChI=1S/C17H34N2/c1-4-10-19-11-5-6-16(9-12-19)18-17-8-7-14(2)15(3)13-17/h14-18H,4-13H2,1-3H3. The molecule has 0 aromatic heterocycles. The molecule has 2 fully saturated rings. The summed E-state index contributed by atoms with van der Waals surface area (Å²) >= 11 is 0. The van der Waals surface area contributed by atoms with E-state index < -0.39 is 0 Å². The molecule has 2 nitrogen and oxygen atoms in total. The third kappa shape index (κ3) is 4.75. The van der Waals surface area contributed by atoms with E-state index in [1.807, 2.05) is 0 Å². The summed E-state index contributed by atoms with van der Waals surface area (Å²) in [4.78, 5) is 2.66. The Labute approximate surface area is 120 Å². The average molecular weight is 266 g/mol. The maximum absolute atomic E-state index is 3.98. The van der Waals surface area contributed by atoms with E-state index >= 15 is 0 Å². The fourth-order valence-electron chi connectivity index (χ4n) is 3.89. The Morgan fingerprint density at radius 2 is 1.79 bits per heavy atom. The lowest BCUT2D eigenvalue weighted by atomic mass is 9.79. The van der Waals surface area contributed by atoms with E-state index in [4.69, 9.17) is 0 Å². The molecule has 0 aromatic rings. The van der Waals surface area contributed by atoms with Gasteiger partial charge in [0, 0.05) is 12.1 Å². The Morgan fingerprint density at radius 1 is 0.947 bits per heavy atom. The second-order valence-corrected chi connectivity index (χ2v) is 7.10. The Balaban J connectivity index is 1.74. The third-order valence-electron chi connectivity index (χ3n) is 5.43. The highest BCUT2D eigenvalue weighted by atomic mass is 15.1. The Morgan fingerprint density at radius 3 is 2.53 bits per heavy atom. The summed E-state index contributed by atoms with van der Waals surface area (Å²) in [7, 11) is 0. The van der Waals surface area contributed by atoms with Crippen LogP contribution in [0.25, 0.3) is 0 Å². The van der Waals surface area contributed by atoms with Gasteiger partial charge in [0.15, 0.2) is 0 Å². The second-order valence-electron chi connectivity index (χ2n) is 7.10. The number of hydrogen-bond donors (Lipinski definition) is 1. The molecule has 112 valence electrons. The number of nitrogens with zero attached hydrogens (tertiary/aromatic N) is 1. The van der Waals surface area contributed by atoms with Crippen molar-refractivity contribution >= 4 is 0 Å². The quantitative estimate of drug-likeness (QED) is 0.835. The molecule has 0 radical (unpaired) electrons. The minimum atomic E-state index is 0.785. The lowest BCUT2D eigenvalue weighted by molar-refractivity contribution is 0.209. The lowest BCUT2D eigenvalue weighted by Gasteiger charge is -2.35. The summed E-state index contributed by atoms with van der Waals surface area (Å²) in [6.07, 6.45) is 9.66. The highest BCUT2D eigenvalue weighted by Gasteiger charge is 2.26. The largest absolute Gasteiger partial charge is 0.311 e. The van der Waals surface area contributed by atoms with Crippen LogP contribution in [0.2, 0.25) is 0 Å². The van der Waals surface area contributed by atoms with E-state index in [1.54, 1.807) is 0 Å². The van der Waals surface area contributed by atoms with Gasteiger partial charge < -0.3 is 10.2 Å². The molecular formula is C17H34N2. The van der Waals surface area contributed by atoms with E-state index in [0.29, 0.717) is 0 Å². The van der Waals surface area contributed by atoms with Crippen molar-refractivity contribution < 1.29 is 0 Å². The summed E-state index contributed by atoms with van der Waals surface area (Å²) in [5.74, 6) is 1.85. The van der Waals surface area contributed by atoms with E-state index in [1.165, 1.54) is 64.6 Å². The molecule has 1 aliphatic carbocycles. The lowest BCUT2D eigenvalue weighted by Crippen LogP contribution is -2.42. The van der Waals surface area contributed by atoms with Crippen molar-refractivity contribution in [3.63, 3.8) is 0 Å². The first-order valence-electron chi connectivity index (χ1n) is 8.67. The maximum atomic E-state index is 3.98. The van der Waals surface area contributed by atoms with Crippen molar-refractivity contribution in [2.75, 3.05) is 19.6 Å². The number of rotatable bonds is 4. The molecule has 1 heterocycles. The summed E-state index contributed by atoms with van der Waals surface area (Å²) in [6, 6.07) is 1.58. The average Bonchev–Trinajstić information content (AvgIpc) is 2.60. The van der Waals surface area contributed by atoms with Gasteiger partial charge in [0.25, 0.3) is 0 Å². The topological polar surface area (TPSA) is 15.3 Å². The predicted molar refractivity (Wildman–Crippen MR) is 83.5 cm³/mol. The Kier molecular flexibility index (Phi) is 6.15. The molecule has 0 amide bonds. The van der Waals surface area contributed by atoms with Gasteiger partial charge in [-0.15, -0.1) is 0 Å². The molecule has 19 heavy (non-hydrogen) atoms. The highest BCUT2D eigenvalue weighted by Crippen LogP contribution is 2.30. The van der Waals surface area contributed by atoms with Crippen LogP contribution in [-0.4, -0.2) is 36.6 Å². The van der Waals surface area contributed by atoms with Gasteiger partial charge >= 0.3 is 0 Å². The van der Waals surface area contributed by atoms with Crippen LogP contribution >= 0.6 is 0 Å². The molecule has 2 rings (SSSR count). The molecule has 0 bridgehead atoms. The van der Waals surface area contributed by atoms with Crippen molar-refractivity contribution in [3.8, 4) is 0 Å². The van der Waals surface area contributed by atoms with Crippen molar-refractivity contribution in [1.82, 2.24) is 10.2 Å². The van der Waals surface area contributed by atoms with Crippen LogP contribution in [0.1, 0.15) is 65.7 Å². The fourth-order valence-corrected chi connectivity index (χ4v) is 3.89. The van der Waals surface area contributed by atoms with Crippen LogP contribution in [0.15, 0.2) is 0 Å². The van der Waals surface area contributed by atoms with Gasteiger partial charge in [0.1, 0.15) is 0 Å². The minimum Gasteiger partial charge on any atom is -0.311 e. The minimum absolute atomic E-state index is 0.785. The van der Waals surface area contributed by atoms with Crippen molar-refractivity contribution in [3.05, 3.63) is 0 Å². The molecular weight excluding hydrogens is 232 g/mol. The zero-order valence-corrected chi connectivity index (χ0v) is 13.3. The molecule has 2 aliphatic rings. The Hall–Kier alpha value is -0.0800. The monoisotopic (exact) mass is 266 g/mol. The van der Waals surface area contributed by atoms with Crippen LogP contribution in [0.4, 0.5) is 0 Å². The van der Waals surface area contributed by atoms with E-state index in [-0.39, 0.29) is 0 Å². The first-order chi connectivity index (χ1) is 9.19.